The van der Waals surface area contributed by atoms with Crippen LogP contribution in [0.4, 0.5) is 0 Å². The van der Waals surface area contributed by atoms with E-state index in [4.69, 9.17) is 5.73 Å². The van der Waals surface area contributed by atoms with Crippen LogP contribution in [0.25, 0.3) is 0 Å². The van der Waals surface area contributed by atoms with Gasteiger partial charge in [-0.05, 0) is 30.5 Å². The van der Waals surface area contributed by atoms with Crippen LogP contribution in [0.2, 0.25) is 0 Å². The number of rotatable bonds is 4. The highest BCUT2D eigenvalue weighted by atomic mass is 35.5. The Morgan fingerprint density at radius 3 is 2.23 bits per heavy atom. The normalized spacial score (nSPS) is 12.9. The molecule has 1 amide bonds. The Bertz CT molecular complexity index is 626. The zero-order chi connectivity index (χ0) is 15.5. The molecule has 0 aliphatic carbocycles. The van der Waals surface area contributed by atoms with Crippen molar-refractivity contribution in [2.45, 2.75) is 25.9 Å². The third-order valence-electron chi connectivity index (χ3n) is 3.83. The van der Waals surface area contributed by atoms with Gasteiger partial charge >= 0.3 is 0 Å². The summed E-state index contributed by atoms with van der Waals surface area (Å²) in [5, 5.41) is 0. The number of benzene rings is 2. The lowest BCUT2D eigenvalue weighted by Gasteiger charge is -2.30. The number of hydrogen-bond donors (Lipinski definition) is 1. The van der Waals surface area contributed by atoms with Gasteiger partial charge in [-0.2, -0.15) is 0 Å². The van der Waals surface area contributed by atoms with Crippen LogP contribution < -0.4 is 5.73 Å². The monoisotopic (exact) mass is 318 g/mol. The molecule has 0 aliphatic rings. The van der Waals surface area contributed by atoms with E-state index in [0.29, 0.717) is 6.54 Å². The fourth-order valence-electron chi connectivity index (χ4n) is 2.42. The van der Waals surface area contributed by atoms with Crippen LogP contribution in [0.1, 0.15) is 23.6 Å². The van der Waals surface area contributed by atoms with Gasteiger partial charge in [0.25, 0.3) is 0 Å². The van der Waals surface area contributed by atoms with Crippen molar-refractivity contribution in [2.24, 2.45) is 5.73 Å². The summed E-state index contributed by atoms with van der Waals surface area (Å²) in [5.74, 6) is -0.0862. The maximum Gasteiger partial charge on any atom is 0.247 e. The van der Waals surface area contributed by atoms with Crippen molar-refractivity contribution < 1.29 is 4.79 Å². The minimum atomic E-state index is -1.02. The smallest absolute Gasteiger partial charge is 0.247 e. The zero-order valence-electron chi connectivity index (χ0n) is 13.2. The van der Waals surface area contributed by atoms with E-state index >= 15 is 0 Å². The van der Waals surface area contributed by atoms with Crippen LogP contribution >= 0.6 is 12.4 Å². The summed E-state index contributed by atoms with van der Waals surface area (Å²) in [6.07, 6.45) is 0. The van der Waals surface area contributed by atoms with Gasteiger partial charge in [0, 0.05) is 13.6 Å². The third-order valence-corrected chi connectivity index (χ3v) is 3.83. The predicted octanol–water partition coefficient (Wildman–Crippen LogP) is 3.25. The summed E-state index contributed by atoms with van der Waals surface area (Å²) in [5.41, 5.74) is 8.41. The molecular weight excluding hydrogens is 296 g/mol. The lowest BCUT2D eigenvalue weighted by atomic mass is 9.91. The Labute approximate surface area is 138 Å². The highest BCUT2D eigenvalue weighted by molar-refractivity contribution is 5.86. The minimum Gasteiger partial charge on any atom is -0.340 e. The number of carbonyl (C=O) groups excluding carboxylic acids is 1. The number of likely N-dealkylation sites (N-methyl/N-ethyl adjacent to an activating group) is 1. The largest absolute Gasteiger partial charge is 0.340 e. The molecule has 1 unspecified atom stereocenters. The predicted molar refractivity (Wildman–Crippen MR) is 92.9 cm³/mol. The van der Waals surface area contributed by atoms with Crippen molar-refractivity contribution in [2.75, 3.05) is 7.05 Å². The molecule has 1 atom stereocenters. The van der Waals surface area contributed by atoms with Crippen molar-refractivity contribution in [3.8, 4) is 0 Å². The molecule has 4 heteroatoms. The Morgan fingerprint density at radius 1 is 1.09 bits per heavy atom. The Balaban J connectivity index is 0.00000242. The van der Waals surface area contributed by atoms with Crippen molar-refractivity contribution in [1.29, 1.82) is 0 Å². The summed E-state index contributed by atoms with van der Waals surface area (Å²) >= 11 is 0. The molecule has 2 rings (SSSR count). The second kappa shape index (κ2) is 7.43. The van der Waals surface area contributed by atoms with Gasteiger partial charge in [0.15, 0.2) is 0 Å². The summed E-state index contributed by atoms with van der Waals surface area (Å²) in [6.45, 7) is 4.37. The van der Waals surface area contributed by atoms with E-state index in [9.17, 15) is 4.79 Å². The van der Waals surface area contributed by atoms with Crippen LogP contribution in [0, 0.1) is 6.92 Å². The van der Waals surface area contributed by atoms with Gasteiger partial charge in [-0.1, -0.05) is 54.6 Å². The van der Waals surface area contributed by atoms with Gasteiger partial charge in [0.05, 0.1) is 0 Å². The molecule has 0 spiro atoms. The quantitative estimate of drug-likeness (QED) is 0.940. The van der Waals surface area contributed by atoms with Gasteiger partial charge in [0.2, 0.25) is 5.91 Å². The summed E-state index contributed by atoms with van der Waals surface area (Å²) in [4.78, 5) is 14.4. The Morgan fingerprint density at radius 2 is 1.64 bits per heavy atom. The average Bonchev–Trinajstić information content (AvgIpc) is 2.49. The maximum atomic E-state index is 12.7. The van der Waals surface area contributed by atoms with E-state index in [2.05, 4.69) is 0 Å². The van der Waals surface area contributed by atoms with Crippen LogP contribution in [0.3, 0.4) is 0 Å². The second-order valence-electron chi connectivity index (χ2n) is 5.66. The molecule has 0 saturated carbocycles. The molecule has 2 N–H and O–H groups in total. The number of carbonyl (C=O) groups is 1. The number of nitrogens with two attached hydrogens (primary N) is 1. The van der Waals surface area contributed by atoms with Crippen LogP contribution in [0.15, 0.2) is 54.6 Å². The van der Waals surface area contributed by atoms with Crippen LogP contribution in [-0.4, -0.2) is 17.9 Å². The highest BCUT2D eigenvalue weighted by Crippen LogP contribution is 2.21. The number of aryl methyl sites for hydroxylation is 1. The molecule has 118 valence electrons. The standard InChI is InChI=1S/C18H22N2O.ClH/c1-14-9-7-8-10-15(14)13-20(3)17(21)18(2,19)16-11-5-4-6-12-16;/h4-12H,13,19H2,1-3H3;1H. The molecule has 0 fully saturated rings. The molecule has 0 aliphatic heterocycles. The number of hydrogen-bond acceptors (Lipinski definition) is 2. The van der Waals surface area contributed by atoms with E-state index in [0.717, 1.165) is 11.1 Å². The van der Waals surface area contributed by atoms with Gasteiger partial charge < -0.3 is 10.6 Å². The summed E-state index contributed by atoms with van der Waals surface area (Å²) in [7, 11) is 1.79. The SMILES string of the molecule is Cc1ccccc1CN(C)C(=O)C(C)(N)c1ccccc1.Cl. The number of amides is 1. The highest BCUT2D eigenvalue weighted by Gasteiger charge is 2.32. The molecular formula is C18H23ClN2O. The molecule has 2 aromatic carbocycles. The van der Waals surface area contributed by atoms with Gasteiger partial charge in [-0.15, -0.1) is 12.4 Å². The molecule has 0 radical (unpaired) electrons. The van der Waals surface area contributed by atoms with Crippen LogP contribution in [-0.2, 0) is 16.9 Å². The van der Waals surface area contributed by atoms with Crippen LogP contribution in [0.5, 0.6) is 0 Å². The molecule has 0 saturated heterocycles. The molecule has 0 bridgehead atoms. The van der Waals surface area contributed by atoms with E-state index in [1.165, 1.54) is 5.56 Å². The molecule has 0 aromatic heterocycles. The van der Waals surface area contributed by atoms with Crippen molar-refractivity contribution in [3.63, 3.8) is 0 Å². The maximum absolute atomic E-state index is 12.7. The van der Waals surface area contributed by atoms with Crippen molar-refractivity contribution in [3.05, 3.63) is 71.3 Å². The Hall–Kier alpha value is -1.84. The summed E-state index contributed by atoms with van der Waals surface area (Å²) in [6, 6.07) is 17.6. The first kappa shape index (κ1) is 18.2. The third kappa shape index (κ3) is 3.87. The van der Waals surface area contributed by atoms with E-state index in [-0.39, 0.29) is 18.3 Å². The zero-order valence-corrected chi connectivity index (χ0v) is 14.1. The second-order valence-corrected chi connectivity index (χ2v) is 5.66. The Kier molecular flexibility index (Phi) is 6.15. The number of halogens is 1. The van der Waals surface area contributed by atoms with Crippen molar-refractivity contribution in [1.82, 2.24) is 4.90 Å². The number of nitrogens with zero attached hydrogens (tertiary/aromatic N) is 1. The topological polar surface area (TPSA) is 46.3 Å². The van der Waals surface area contributed by atoms with Gasteiger partial charge in [0.1, 0.15) is 5.54 Å². The first-order chi connectivity index (χ1) is 9.93. The lowest BCUT2D eigenvalue weighted by Crippen LogP contribution is -2.49. The molecule has 3 nitrogen and oxygen atoms in total. The molecule has 22 heavy (non-hydrogen) atoms. The summed E-state index contributed by atoms with van der Waals surface area (Å²) < 4.78 is 0. The average molecular weight is 319 g/mol. The molecule has 0 heterocycles. The minimum absolute atomic E-state index is 0. The van der Waals surface area contributed by atoms with Crippen molar-refractivity contribution >= 4 is 18.3 Å². The van der Waals surface area contributed by atoms with Gasteiger partial charge in [-0.25, -0.2) is 0 Å². The first-order valence-electron chi connectivity index (χ1n) is 7.07. The van der Waals surface area contributed by atoms with Gasteiger partial charge in [-0.3, -0.25) is 4.79 Å². The fourth-order valence-corrected chi connectivity index (χ4v) is 2.42. The fraction of sp³-hybridized carbons (Fsp3) is 0.278. The lowest BCUT2D eigenvalue weighted by molar-refractivity contribution is -0.136. The first-order valence-corrected chi connectivity index (χ1v) is 7.07. The molecule has 2 aromatic rings. The van der Waals surface area contributed by atoms with E-state index in [1.54, 1.807) is 18.9 Å². The van der Waals surface area contributed by atoms with E-state index < -0.39 is 5.54 Å². The van der Waals surface area contributed by atoms with E-state index in [1.807, 2.05) is 61.5 Å².